The second-order valence-electron chi connectivity index (χ2n) is 7.59. The molecule has 4 rings (SSSR count). The molecule has 1 atom stereocenters. The minimum absolute atomic E-state index is 0.0108. The maximum atomic E-state index is 13.1. The minimum atomic E-state index is -3.91. The van der Waals surface area contributed by atoms with E-state index in [0.717, 1.165) is 12.1 Å². The molecule has 0 radical (unpaired) electrons. The van der Waals surface area contributed by atoms with Crippen molar-refractivity contribution in [1.82, 2.24) is 19.3 Å². The molecule has 3 heterocycles. The summed E-state index contributed by atoms with van der Waals surface area (Å²) >= 11 is 0. The summed E-state index contributed by atoms with van der Waals surface area (Å²) < 4.78 is 30.1. The van der Waals surface area contributed by atoms with Gasteiger partial charge in [0.05, 0.1) is 16.6 Å². The van der Waals surface area contributed by atoms with E-state index in [0.29, 0.717) is 35.6 Å². The largest absolute Gasteiger partial charge is 0.312 e. The summed E-state index contributed by atoms with van der Waals surface area (Å²) in [5.74, 6) is -0.0108. The van der Waals surface area contributed by atoms with Crippen LogP contribution in [0.3, 0.4) is 0 Å². The quantitative estimate of drug-likeness (QED) is 0.642. The molecule has 0 aliphatic carbocycles. The molecule has 0 unspecified atom stereocenters. The number of sulfonamides is 1. The summed E-state index contributed by atoms with van der Waals surface area (Å²) in [6, 6.07) is 7.27. The number of carbonyl (C=O) groups excluding carboxylic acids is 1. The number of fused-ring (bicyclic) bond motifs is 1. The molecule has 1 fully saturated rings. The van der Waals surface area contributed by atoms with Gasteiger partial charge in [0.25, 0.3) is 5.56 Å². The molecule has 1 saturated heterocycles. The first kappa shape index (κ1) is 20.3. The Hall–Kier alpha value is -2.98. The van der Waals surface area contributed by atoms with E-state index in [1.807, 2.05) is 0 Å². The van der Waals surface area contributed by atoms with Crippen LogP contribution < -0.4 is 15.2 Å². The number of amides is 1. The highest BCUT2D eigenvalue weighted by atomic mass is 32.2. The molecule has 2 N–H and O–H groups in total. The van der Waals surface area contributed by atoms with Crippen molar-refractivity contribution in [1.29, 1.82) is 0 Å². The first-order valence-electron chi connectivity index (χ1n) is 9.68. The molecule has 1 aliphatic rings. The Balaban J connectivity index is 1.66. The topological polar surface area (TPSA) is 117 Å². The van der Waals surface area contributed by atoms with Gasteiger partial charge in [0.2, 0.25) is 15.9 Å². The highest BCUT2D eigenvalue weighted by molar-refractivity contribution is 7.89. The predicted octanol–water partition coefficient (Wildman–Crippen LogP) is 1.81. The lowest BCUT2D eigenvalue weighted by Crippen LogP contribution is -2.30. The molecule has 9 nitrogen and oxygen atoms in total. The Kier molecular flexibility index (Phi) is 4.99. The van der Waals surface area contributed by atoms with Crippen molar-refractivity contribution >= 4 is 27.3 Å². The molecule has 2 aromatic heterocycles. The van der Waals surface area contributed by atoms with Crippen LogP contribution in [0.2, 0.25) is 0 Å². The molecular weight excluding hydrogens is 406 g/mol. The molecule has 1 aliphatic heterocycles. The third-order valence-corrected chi connectivity index (χ3v) is 6.90. The molecule has 30 heavy (non-hydrogen) atoms. The molecule has 0 spiro atoms. The van der Waals surface area contributed by atoms with Crippen molar-refractivity contribution in [3.8, 4) is 0 Å². The first-order chi connectivity index (χ1) is 14.2. The maximum absolute atomic E-state index is 13.1. The van der Waals surface area contributed by atoms with Crippen LogP contribution in [0.4, 0.5) is 5.69 Å². The summed E-state index contributed by atoms with van der Waals surface area (Å²) in [5, 5.41) is 2.88. The van der Waals surface area contributed by atoms with E-state index in [1.54, 1.807) is 43.9 Å². The van der Waals surface area contributed by atoms with E-state index < -0.39 is 16.1 Å². The molecule has 0 bridgehead atoms. The van der Waals surface area contributed by atoms with Crippen molar-refractivity contribution < 1.29 is 13.2 Å². The molecule has 3 aromatic rings. The fourth-order valence-electron chi connectivity index (χ4n) is 3.68. The average molecular weight is 430 g/mol. The van der Waals surface area contributed by atoms with E-state index in [-0.39, 0.29) is 16.4 Å². The number of rotatable bonds is 5. The normalized spacial score (nSPS) is 15.8. The number of hydrogen-bond donors (Lipinski definition) is 2. The number of H-pyrrole nitrogens is 1. The summed E-state index contributed by atoms with van der Waals surface area (Å²) in [5.41, 5.74) is 2.33. The first-order valence-corrected chi connectivity index (χ1v) is 11.2. The van der Waals surface area contributed by atoms with Crippen LogP contribution in [0.1, 0.15) is 42.8 Å². The highest BCUT2D eigenvalue weighted by Gasteiger charge is 2.26. The zero-order valence-electron chi connectivity index (χ0n) is 17.0. The summed E-state index contributed by atoms with van der Waals surface area (Å²) in [7, 11) is -3.91. The lowest BCUT2D eigenvalue weighted by Gasteiger charge is -2.19. The summed E-state index contributed by atoms with van der Waals surface area (Å²) in [4.78, 5) is 30.5. The zero-order chi connectivity index (χ0) is 21.6. The second-order valence-corrected chi connectivity index (χ2v) is 9.28. The number of aromatic nitrogens is 3. The Labute approximate surface area is 173 Å². The average Bonchev–Trinajstić information content (AvgIpc) is 3.26. The maximum Gasteiger partial charge on any atom is 0.272 e. The molecular formula is C20H23N5O4S. The van der Waals surface area contributed by atoms with Gasteiger partial charge < -0.3 is 4.90 Å². The predicted molar refractivity (Wildman–Crippen MR) is 112 cm³/mol. The second kappa shape index (κ2) is 7.37. The molecule has 1 amide bonds. The van der Waals surface area contributed by atoms with Crippen LogP contribution in [-0.2, 0) is 14.8 Å². The SMILES string of the molecule is Cc1cc2nc([C@@H](C)NS(=O)(=O)c3cc(N4CCCC4=O)ccc3C)cc(=O)n2[nH]1. The van der Waals surface area contributed by atoms with Crippen LogP contribution in [0, 0.1) is 13.8 Å². The van der Waals surface area contributed by atoms with E-state index in [1.165, 1.54) is 16.6 Å². The van der Waals surface area contributed by atoms with E-state index >= 15 is 0 Å². The van der Waals surface area contributed by atoms with Crippen LogP contribution in [-0.4, -0.2) is 35.5 Å². The van der Waals surface area contributed by atoms with Crippen LogP contribution in [0.15, 0.2) is 40.0 Å². The van der Waals surface area contributed by atoms with Gasteiger partial charge in [0, 0.05) is 36.5 Å². The number of aryl methyl sites for hydroxylation is 2. The Bertz CT molecular complexity index is 1310. The summed E-state index contributed by atoms with van der Waals surface area (Å²) in [6.45, 7) is 5.72. The number of aromatic amines is 1. The zero-order valence-corrected chi connectivity index (χ0v) is 17.8. The van der Waals surface area contributed by atoms with Crippen LogP contribution in [0.5, 0.6) is 0 Å². The standard InChI is InChI=1S/C20H23N5O4S/c1-12-6-7-15(24-8-4-5-19(24)26)10-17(12)30(28,29)23-14(3)16-11-20(27)25-18(21-16)9-13(2)22-25/h6-7,9-11,14,22-23H,4-5,8H2,1-3H3/t14-/m1/s1. The lowest BCUT2D eigenvalue weighted by atomic mass is 10.2. The van der Waals surface area contributed by atoms with Crippen molar-refractivity contribution in [3.63, 3.8) is 0 Å². The number of nitrogens with one attached hydrogen (secondary N) is 2. The van der Waals surface area contributed by atoms with Crippen molar-refractivity contribution in [3.05, 3.63) is 57.6 Å². The molecule has 158 valence electrons. The van der Waals surface area contributed by atoms with E-state index in [9.17, 15) is 18.0 Å². The Morgan fingerprint density at radius 2 is 1.93 bits per heavy atom. The van der Waals surface area contributed by atoms with Gasteiger partial charge in [-0.05, 0) is 44.9 Å². The monoisotopic (exact) mass is 429 g/mol. The number of anilines is 1. The van der Waals surface area contributed by atoms with Gasteiger partial charge in [-0.25, -0.2) is 22.6 Å². The van der Waals surface area contributed by atoms with Gasteiger partial charge in [-0.1, -0.05) is 6.07 Å². The Morgan fingerprint density at radius 1 is 1.17 bits per heavy atom. The van der Waals surface area contributed by atoms with Crippen molar-refractivity contribution in [2.24, 2.45) is 0 Å². The van der Waals surface area contributed by atoms with Gasteiger partial charge in [-0.15, -0.1) is 0 Å². The van der Waals surface area contributed by atoms with Gasteiger partial charge in [0.15, 0.2) is 5.65 Å². The van der Waals surface area contributed by atoms with E-state index in [4.69, 9.17) is 0 Å². The fourth-order valence-corrected chi connectivity index (χ4v) is 5.16. The van der Waals surface area contributed by atoms with Crippen molar-refractivity contribution in [2.45, 2.75) is 44.6 Å². The van der Waals surface area contributed by atoms with Gasteiger partial charge in [0.1, 0.15) is 0 Å². The van der Waals surface area contributed by atoms with Gasteiger partial charge in [-0.3, -0.25) is 14.7 Å². The summed E-state index contributed by atoms with van der Waals surface area (Å²) in [6.07, 6.45) is 1.22. The number of carbonyl (C=O) groups is 1. The fraction of sp³-hybridized carbons (Fsp3) is 0.350. The van der Waals surface area contributed by atoms with Crippen molar-refractivity contribution in [2.75, 3.05) is 11.4 Å². The lowest BCUT2D eigenvalue weighted by molar-refractivity contribution is -0.117. The highest BCUT2D eigenvalue weighted by Crippen LogP contribution is 2.27. The van der Waals surface area contributed by atoms with Crippen LogP contribution in [0.25, 0.3) is 5.65 Å². The van der Waals surface area contributed by atoms with Crippen LogP contribution >= 0.6 is 0 Å². The minimum Gasteiger partial charge on any atom is -0.312 e. The smallest absolute Gasteiger partial charge is 0.272 e. The molecule has 10 heteroatoms. The number of hydrogen-bond acceptors (Lipinski definition) is 5. The third-order valence-electron chi connectivity index (χ3n) is 5.22. The van der Waals surface area contributed by atoms with Gasteiger partial charge in [-0.2, -0.15) is 0 Å². The van der Waals surface area contributed by atoms with Gasteiger partial charge >= 0.3 is 0 Å². The third kappa shape index (κ3) is 3.63. The Morgan fingerprint density at radius 3 is 2.63 bits per heavy atom. The molecule has 0 saturated carbocycles. The number of benzene rings is 1. The number of nitrogens with zero attached hydrogens (tertiary/aromatic N) is 3. The van der Waals surface area contributed by atoms with E-state index in [2.05, 4.69) is 14.8 Å². The molecule has 1 aromatic carbocycles.